The number of esters is 1. The van der Waals surface area contributed by atoms with Crippen LogP contribution in [-0.2, 0) is 27.3 Å². The Hall–Kier alpha value is -2.82. The average Bonchev–Trinajstić information content (AvgIpc) is 2.63. The first-order chi connectivity index (χ1) is 12.1. The highest BCUT2D eigenvalue weighted by atomic mass is 16.5. The Balaban J connectivity index is 2.06. The molecule has 132 valence electrons. The first-order valence-corrected chi connectivity index (χ1v) is 8.22. The van der Waals surface area contributed by atoms with E-state index in [0.29, 0.717) is 13.2 Å². The van der Waals surface area contributed by atoms with Crippen LogP contribution < -0.4 is 4.74 Å². The molecule has 0 atom stereocenters. The number of rotatable bonds is 8. The number of hydrogen-bond acceptors (Lipinski definition) is 4. The second-order valence-electron chi connectivity index (χ2n) is 5.57. The van der Waals surface area contributed by atoms with E-state index in [1.165, 1.54) is 12.0 Å². The van der Waals surface area contributed by atoms with Crippen LogP contribution in [0, 0.1) is 0 Å². The summed E-state index contributed by atoms with van der Waals surface area (Å²) in [5, 5.41) is 0. The maximum Gasteiger partial charge on any atom is 0.325 e. The maximum atomic E-state index is 12.7. The summed E-state index contributed by atoms with van der Waals surface area (Å²) in [6.07, 6.45) is 0.218. The molecule has 0 unspecified atom stereocenters. The number of methoxy groups -OCH3 is 1. The molecular formula is C20H23NO4. The molecule has 0 spiro atoms. The molecule has 2 rings (SSSR count). The van der Waals surface area contributed by atoms with E-state index in [9.17, 15) is 9.59 Å². The van der Waals surface area contributed by atoms with E-state index in [2.05, 4.69) is 0 Å². The number of carbonyl (C=O) groups excluding carboxylic acids is 2. The molecule has 1 amide bonds. The van der Waals surface area contributed by atoms with Gasteiger partial charge in [-0.2, -0.15) is 0 Å². The van der Waals surface area contributed by atoms with Crippen LogP contribution in [-0.4, -0.2) is 37.0 Å². The minimum atomic E-state index is -0.434. The number of amides is 1. The Morgan fingerprint density at radius 2 is 1.64 bits per heavy atom. The topological polar surface area (TPSA) is 55.8 Å². The molecule has 0 aliphatic carbocycles. The van der Waals surface area contributed by atoms with Crippen molar-refractivity contribution >= 4 is 11.9 Å². The van der Waals surface area contributed by atoms with Crippen molar-refractivity contribution in [1.82, 2.24) is 4.90 Å². The lowest BCUT2D eigenvalue weighted by Crippen LogP contribution is -2.36. The van der Waals surface area contributed by atoms with Crippen LogP contribution >= 0.6 is 0 Å². The smallest absolute Gasteiger partial charge is 0.325 e. The molecule has 5 heteroatoms. The summed E-state index contributed by atoms with van der Waals surface area (Å²) in [6.45, 7) is 2.82. The van der Waals surface area contributed by atoms with Gasteiger partial charge in [-0.05, 0) is 30.2 Å². The van der Waals surface area contributed by atoms with E-state index >= 15 is 0 Å². The Kier molecular flexibility index (Phi) is 7.01. The third-order valence-corrected chi connectivity index (χ3v) is 3.71. The number of ether oxygens (including phenoxy) is 2. The van der Waals surface area contributed by atoms with Gasteiger partial charge in [0, 0.05) is 6.54 Å². The minimum absolute atomic E-state index is 0.0682. The van der Waals surface area contributed by atoms with Gasteiger partial charge in [-0.3, -0.25) is 9.59 Å². The van der Waals surface area contributed by atoms with Crippen molar-refractivity contribution in [2.75, 3.05) is 20.3 Å². The zero-order valence-electron chi connectivity index (χ0n) is 14.6. The van der Waals surface area contributed by atoms with Crippen molar-refractivity contribution in [3.05, 3.63) is 65.7 Å². The van der Waals surface area contributed by atoms with Crippen molar-refractivity contribution in [3.8, 4) is 5.75 Å². The number of carbonyl (C=O) groups is 2. The van der Waals surface area contributed by atoms with E-state index in [0.717, 1.165) is 16.9 Å². The third-order valence-electron chi connectivity index (χ3n) is 3.71. The largest absolute Gasteiger partial charge is 0.494 e. The normalized spacial score (nSPS) is 10.2. The third kappa shape index (κ3) is 5.95. The molecule has 0 bridgehead atoms. The second-order valence-corrected chi connectivity index (χ2v) is 5.57. The van der Waals surface area contributed by atoms with Gasteiger partial charge in [0.15, 0.2) is 0 Å². The van der Waals surface area contributed by atoms with Gasteiger partial charge in [0.1, 0.15) is 12.3 Å². The number of nitrogens with zero attached hydrogens (tertiary/aromatic N) is 1. The SMILES string of the molecule is CCOc1ccc(CC(=O)N(CC(=O)OC)Cc2ccccc2)cc1. The molecule has 0 heterocycles. The van der Waals surface area contributed by atoms with Gasteiger partial charge < -0.3 is 14.4 Å². The molecule has 0 radical (unpaired) electrons. The first kappa shape index (κ1) is 18.5. The lowest BCUT2D eigenvalue weighted by Gasteiger charge is -2.22. The Labute approximate surface area is 148 Å². The molecule has 0 aromatic heterocycles. The summed E-state index contributed by atoms with van der Waals surface area (Å²) >= 11 is 0. The van der Waals surface area contributed by atoms with Gasteiger partial charge >= 0.3 is 5.97 Å². The zero-order valence-corrected chi connectivity index (χ0v) is 14.6. The highest BCUT2D eigenvalue weighted by Crippen LogP contribution is 2.14. The van der Waals surface area contributed by atoms with E-state index in [1.807, 2.05) is 61.5 Å². The van der Waals surface area contributed by atoms with Crippen molar-refractivity contribution in [2.45, 2.75) is 19.9 Å². The molecule has 0 N–H and O–H groups in total. The lowest BCUT2D eigenvalue weighted by atomic mass is 10.1. The van der Waals surface area contributed by atoms with Crippen LogP contribution in [0.1, 0.15) is 18.1 Å². The van der Waals surface area contributed by atoms with Gasteiger partial charge in [-0.15, -0.1) is 0 Å². The van der Waals surface area contributed by atoms with Crippen molar-refractivity contribution in [3.63, 3.8) is 0 Å². The van der Waals surface area contributed by atoms with Crippen molar-refractivity contribution in [1.29, 1.82) is 0 Å². The molecule has 2 aromatic carbocycles. The van der Waals surface area contributed by atoms with E-state index in [4.69, 9.17) is 9.47 Å². The minimum Gasteiger partial charge on any atom is -0.494 e. The Bertz CT molecular complexity index is 683. The molecular weight excluding hydrogens is 318 g/mol. The van der Waals surface area contributed by atoms with Gasteiger partial charge in [-0.25, -0.2) is 0 Å². The molecule has 0 aliphatic heterocycles. The fraction of sp³-hybridized carbons (Fsp3) is 0.300. The van der Waals surface area contributed by atoms with Crippen LogP contribution in [0.4, 0.5) is 0 Å². The molecule has 0 fully saturated rings. The Morgan fingerprint density at radius 1 is 0.960 bits per heavy atom. The predicted octanol–water partition coefficient (Wildman–Crippen LogP) is 2.83. The predicted molar refractivity (Wildman–Crippen MR) is 95.2 cm³/mol. The first-order valence-electron chi connectivity index (χ1n) is 8.22. The monoisotopic (exact) mass is 341 g/mol. The summed E-state index contributed by atoms with van der Waals surface area (Å²) in [7, 11) is 1.32. The highest BCUT2D eigenvalue weighted by Gasteiger charge is 2.18. The molecule has 5 nitrogen and oxygen atoms in total. The van der Waals surface area contributed by atoms with Crippen molar-refractivity contribution < 1.29 is 19.1 Å². The van der Waals surface area contributed by atoms with Gasteiger partial charge in [-0.1, -0.05) is 42.5 Å². The standard InChI is InChI=1S/C20H23NO4/c1-3-25-18-11-9-16(10-12-18)13-19(22)21(15-20(23)24-2)14-17-7-5-4-6-8-17/h4-12H,3,13-15H2,1-2H3. The Morgan fingerprint density at radius 3 is 2.24 bits per heavy atom. The van der Waals surface area contributed by atoms with Crippen LogP contribution in [0.5, 0.6) is 5.75 Å². The zero-order chi connectivity index (χ0) is 18.1. The molecule has 2 aromatic rings. The fourth-order valence-electron chi connectivity index (χ4n) is 2.41. The maximum absolute atomic E-state index is 12.7. The number of hydrogen-bond donors (Lipinski definition) is 0. The van der Waals surface area contributed by atoms with Gasteiger partial charge in [0.2, 0.25) is 5.91 Å². The van der Waals surface area contributed by atoms with Crippen LogP contribution in [0.3, 0.4) is 0 Å². The summed E-state index contributed by atoms with van der Waals surface area (Å²) < 4.78 is 10.1. The van der Waals surface area contributed by atoms with Crippen molar-refractivity contribution in [2.24, 2.45) is 0 Å². The van der Waals surface area contributed by atoms with Crippen LogP contribution in [0.15, 0.2) is 54.6 Å². The van der Waals surface area contributed by atoms with E-state index in [-0.39, 0.29) is 18.9 Å². The quantitative estimate of drug-likeness (QED) is 0.693. The molecule has 0 saturated heterocycles. The van der Waals surface area contributed by atoms with Crippen LogP contribution in [0.2, 0.25) is 0 Å². The summed E-state index contributed by atoms with van der Waals surface area (Å²) in [6, 6.07) is 17.0. The van der Waals surface area contributed by atoms with Gasteiger partial charge in [0.25, 0.3) is 0 Å². The highest BCUT2D eigenvalue weighted by molar-refractivity contribution is 5.83. The van der Waals surface area contributed by atoms with Gasteiger partial charge in [0.05, 0.1) is 20.1 Å². The van der Waals surface area contributed by atoms with Crippen LogP contribution in [0.25, 0.3) is 0 Å². The van der Waals surface area contributed by atoms with E-state index in [1.54, 1.807) is 0 Å². The average molecular weight is 341 g/mol. The molecule has 25 heavy (non-hydrogen) atoms. The number of benzene rings is 2. The second kappa shape index (κ2) is 9.47. The summed E-state index contributed by atoms with van der Waals surface area (Å²) in [5.74, 6) is 0.212. The lowest BCUT2D eigenvalue weighted by molar-refractivity contribution is -0.147. The molecule has 0 aliphatic rings. The summed E-state index contributed by atoms with van der Waals surface area (Å²) in [4.78, 5) is 25.8. The fourth-order valence-corrected chi connectivity index (χ4v) is 2.41. The van der Waals surface area contributed by atoms with E-state index < -0.39 is 5.97 Å². The summed E-state index contributed by atoms with van der Waals surface area (Å²) in [5.41, 5.74) is 1.84. The molecule has 0 saturated carbocycles.